The summed E-state index contributed by atoms with van der Waals surface area (Å²) in [4.78, 5) is 24.0. The van der Waals surface area contributed by atoms with E-state index in [1.54, 1.807) is 24.7 Å². The van der Waals surface area contributed by atoms with E-state index in [9.17, 15) is 4.79 Å². The number of anilines is 1. The molecule has 4 rings (SSSR count). The van der Waals surface area contributed by atoms with Gasteiger partial charge < -0.3 is 19.5 Å². The molecule has 0 atom stereocenters. The summed E-state index contributed by atoms with van der Waals surface area (Å²) in [6.45, 7) is 8.90. The van der Waals surface area contributed by atoms with Gasteiger partial charge in [-0.15, -0.1) is 4.98 Å². The highest BCUT2D eigenvalue weighted by atomic mass is 16.5. The van der Waals surface area contributed by atoms with Crippen molar-refractivity contribution in [1.82, 2.24) is 14.5 Å². The van der Waals surface area contributed by atoms with Gasteiger partial charge in [-0.1, -0.05) is 6.57 Å². The number of hydrogen-bond donors (Lipinski definition) is 1. The maximum Gasteiger partial charge on any atom is 0.269 e. The molecule has 130 valence electrons. The minimum Gasteiger partial charge on any atom is -0.453 e. The molecule has 1 amide bonds. The van der Waals surface area contributed by atoms with Crippen LogP contribution in [-0.2, 0) is 11.8 Å². The molecule has 0 aliphatic heterocycles. The minimum atomic E-state index is 0.0216. The Morgan fingerprint density at radius 2 is 2.15 bits per heavy atom. The van der Waals surface area contributed by atoms with Crippen LogP contribution in [0.3, 0.4) is 0 Å². The molecule has 1 saturated carbocycles. The third kappa shape index (κ3) is 2.97. The van der Waals surface area contributed by atoms with Crippen molar-refractivity contribution in [1.29, 1.82) is 0 Å². The summed E-state index contributed by atoms with van der Waals surface area (Å²) in [6.07, 6.45) is 5.12. The van der Waals surface area contributed by atoms with Crippen LogP contribution in [0.2, 0.25) is 0 Å². The molecule has 0 spiro atoms. The Morgan fingerprint density at radius 3 is 2.85 bits per heavy atom. The molecule has 1 fully saturated rings. The highest BCUT2D eigenvalue weighted by molar-refractivity contribution is 6.01. The molecule has 1 aromatic carbocycles. The Balaban J connectivity index is 1.71. The summed E-state index contributed by atoms with van der Waals surface area (Å²) >= 11 is 0. The van der Waals surface area contributed by atoms with Gasteiger partial charge in [-0.05, 0) is 31.4 Å². The highest BCUT2D eigenvalue weighted by Gasteiger charge is 2.30. The Morgan fingerprint density at radius 1 is 1.35 bits per heavy atom. The average Bonchev–Trinajstić information content (AvgIpc) is 3.41. The lowest BCUT2D eigenvalue weighted by Gasteiger charge is -2.11. The van der Waals surface area contributed by atoms with Gasteiger partial charge in [0, 0.05) is 25.1 Å². The van der Waals surface area contributed by atoms with Gasteiger partial charge in [0.25, 0.3) is 5.82 Å². The second kappa shape index (κ2) is 6.15. The van der Waals surface area contributed by atoms with Crippen molar-refractivity contribution in [2.75, 3.05) is 5.32 Å². The van der Waals surface area contributed by atoms with E-state index in [0.717, 1.165) is 29.4 Å². The summed E-state index contributed by atoms with van der Waals surface area (Å²) in [7, 11) is 1.89. The fraction of sp³-hybridized carbons (Fsp3) is 0.263. The summed E-state index contributed by atoms with van der Waals surface area (Å²) in [6, 6.07) is 5.33. The van der Waals surface area contributed by atoms with E-state index < -0.39 is 0 Å². The molecule has 0 bridgehead atoms. The van der Waals surface area contributed by atoms with E-state index in [-0.39, 0.29) is 11.8 Å². The van der Waals surface area contributed by atoms with Gasteiger partial charge >= 0.3 is 0 Å². The molecule has 1 aliphatic carbocycles. The first-order valence-electron chi connectivity index (χ1n) is 8.33. The summed E-state index contributed by atoms with van der Waals surface area (Å²) in [5.41, 5.74) is 3.04. The van der Waals surface area contributed by atoms with Crippen LogP contribution in [0.5, 0.6) is 11.5 Å². The number of hydrogen-bond acceptors (Lipinski definition) is 4. The topological polar surface area (TPSA) is 73.4 Å². The highest BCUT2D eigenvalue weighted by Crippen LogP contribution is 2.35. The van der Waals surface area contributed by atoms with Gasteiger partial charge in [-0.25, -0.2) is 4.98 Å². The summed E-state index contributed by atoms with van der Waals surface area (Å²) in [5.74, 6) is 1.60. The third-order valence-corrected chi connectivity index (χ3v) is 4.40. The number of ether oxygens (including phenoxy) is 1. The van der Waals surface area contributed by atoms with E-state index in [1.165, 1.54) is 0 Å². The third-order valence-electron chi connectivity index (χ3n) is 4.40. The first-order chi connectivity index (χ1) is 12.5. The molecule has 7 heteroatoms. The zero-order valence-electron chi connectivity index (χ0n) is 14.5. The Kier molecular flexibility index (Phi) is 3.81. The lowest BCUT2D eigenvalue weighted by molar-refractivity contribution is -0.117. The number of benzene rings is 1. The van der Waals surface area contributed by atoms with Crippen LogP contribution in [0.1, 0.15) is 18.4 Å². The van der Waals surface area contributed by atoms with E-state index in [0.29, 0.717) is 23.0 Å². The Hall–Kier alpha value is -3.40. The second-order valence-electron chi connectivity index (χ2n) is 6.48. The lowest BCUT2D eigenvalue weighted by atomic mass is 10.2. The molecule has 26 heavy (non-hydrogen) atoms. The van der Waals surface area contributed by atoms with Crippen molar-refractivity contribution in [2.45, 2.75) is 19.8 Å². The predicted octanol–water partition coefficient (Wildman–Crippen LogP) is 3.97. The van der Waals surface area contributed by atoms with Gasteiger partial charge in [0.1, 0.15) is 11.3 Å². The average molecular weight is 347 g/mol. The number of nitrogens with one attached hydrogen (secondary N) is 1. The molecule has 0 radical (unpaired) electrons. The van der Waals surface area contributed by atoms with Crippen molar-refractivity contribution in [3.8, 4) is 11.5 Å². The van der Waals surface area contributed by atoms with Crippen molar-refractivity contribution < 1.29 is 9.53 Å². The number of fused-ring (bicyclic) bond motifs is 1. The summed E-state index contributed by atoms with van der Waals surface area (Å²) in [5, 5.41) is 2.97. The quantitative estimate of drug-likeness (QED) is 0.725. The van der Waals surface area contributed by atoms with E-state index in [2.05, 4.69) is 20.1 Å². The molecule has 0 unspecified atom stereocenters. The molecular weight excluding hydrogens is 330 g/mol. The fourth-order valence-corrected chi connectivity index (χ4v) is 2.76. The predicted molar refractivity (Wildman–Crippen MR) is 97.4 cm³/mol. The Labute approximate surface area is 150 Å². The first-order valence-corrected chi connectivity index (χ1v) is 8.33. The van der Waals surface area contributed by atoms with Crippen LogP contribution in [0.15, 0.2) is 30.7 Å². The monoisotopic (exact) mass is 347 g/mol. The number of amides is 1. The number of carbonyl (C=O) groups is 1. The molecular formula is C19H17N5O2. The second-order valence-corrected chi connectivity index (χ2v) is 6.48. The lowest BCUT2D eigenvalue weighted by Crippen LogP contribution is -2.13. The van der Waals surface area contributed by atoms with Crippen LogP contribution < -0.4 is 10.1 Å². The number of aromatic nitrogens is 3. The number of aryl methyl sites for hydroxylation is 2. The van der Waals surface area contributed by atoms with E-state index in [1.807, 2.05) is 24.6 Å². The number of rotatable bonds is 4. The molecule has 2 heterocycles. The first kappa shape index (κ1) is 16.1. The van der Waals surface area contributed by atoms with E-state index >= 15 is 0 Å². The van der Waals surface area contributed by atoms with Gasteiger partial charge in [0.05, 0.1) is 17.5 Å². The molecule has 0 saturated heterocycles. The standard InChI is InChI=1S/C19H17N5O2/c1-11-6-17(20-2)21-9-16(11)26-13-7-14(23-19(25)12-4-5-12)18-15(8-13)24(3)10-22-18/h6-10,12H,4-5H2,1,3H3,(H,23,25). The number of carbonyl (C=O) groups excluding carboxylic acids is 1. The zero-order chi connectivity index (χ0) is 18.3. The van der Waals surface area contributed by atoms with Crippen molar-refractivity contribution in [3.63, 3.8) is 0 Å². The zero-order valence-corrected chi connectivity index (χ0v) is 14.5. The smallest absolute Gasteiger partial charge is 0.269 e. The van der Waals surface area contributed by atoms with Crippen LogP contribution in [0.4, 0.5) is 11.5 Å². The maximum absolute atomic E-state index is 12.2. The largest absolute Gasteiger partial charge is 0.453 e. The van der Waals surface area contributed by atoms with Crippen LogP contribution in [0.25, 0.3) is 15.9 Å². The molecule has 2 aromatic heterocycles. The molecule has 1 aliphatic rings. The SMILES string of the molecule is [C-]#[N+]c1cc(C)c(Oc2cc(NC(=O)C3CC3)c3ncn(C)c3c2)cn1. The number of imidazole rings is 1. The minimum absolute atomic E-state index is 0.0216. The molecule has 7 nitrogen and oxygen atoms in total. The van der Waals surface area contributed by atoms with Crippen LogP contribution in [-0.4, -0.2) is 20.4 Å². The van der Waals surface area contributed by atoms with Crippen molar-refractivity contribution in [3.05, 3.63) is 47.7 Å². The van der Waals surface area contributed by atoms with Gasteiger partial charge in [-0.3, -0.25) is 4.79 Å². The van der Waals surface area contributed by atoms with Gasteiger partial charge in [0.15, 0.2) is 11.9 Å². The van der Waals surface area contributed by atoms with Crippen LogP contribution >= 0.6 is 0 Å². The fourth-order valence-electron chi connectivity index (χ4n) is 2.76. The normalized spacial score (nSPS) is 13.4. The maximum atomic E-state index is 12.2. The number of pyridine rings is 1. The Bertz CT molecular complexity index is 1060. The van der Waals surface area contributed by atoms with Crippen LogP contribution in [0, 0.1) is 19.4 Å². The molecule has 1 N–H and O–H groups in total. The van der Waals surface area contributed by atoms with E-state index in [4.69, 9.17) is 11.3 Å². The van der Waals surface area contributed by atoms with Gasteiger partial charge in [-0.2, -0.15) is 0 Å². The molecule has 3 aromatic rings. The van der Waals surface area contributed by atoms with Crippen molar-refractivity contribution in [2.24, 2.45) is 13.0 Å². The summed E-state index contributed by atoms with van der Waals surface area (Å²) < 4.78 is 7.86. The van der Waals surface area contributed by atoms with Gasteiger partial charge in [0.2, 0.25) is 5.91 Å². The van der Waals surface area contributed by atoms with Crippen molar-refractivity contribution >= 4 is 28.4 Å². The number of nitrogens with zero attached hydrogens (tertiary/aromatic N) is 4.